The van der Waals surface area contributed by atoms with Crippen LogP contribution in [0.3, 0.4) is 0 Å². The summed E-state index contributed by atoms with van der Waals surface area (Å²) in [5.74, 6) is 2.04. The molecule has 150 valence electrons. The molecule has 0 bridgehead atoms. The highest BCUT2D eigenvalue weighted by Crippen LogP contribution is 2.33. The molecule has 0 saturated carbocycles. The topological polar surface area (TPSA) is 60.0 Å². The molecule has 0 spiro atoms. The summed E-state index contributed by atoms with van der Waals surface area (Å²) in [6.07, 6.45) is 0.816. The highest BCUT2D eigenvalue weighted by atomic mass is 16.5. The minimum absolute atomic E-state index is 0.0266. The van der Waals surface area contributed by atoms with E-state index >= 15 is 0 Å². The summed E-state index contributed by atoms with van der Waals surface area (Å²) in [7, 11) is 3.16. The van der Waals surface area contributed by atoms with E-state index in [-0.39, 0.29) is 5.91 Å². The van der Waals surface area contributed by atoms with Crippen LogP contribution in [0.4, 0.5) is 5.69 Å². The first-order valence-corrected chi connectivity index (χ1v) is 9.44. The lowest BCUT2D eigenvalue weighted by atomic mass is 9.85. The van der Waals surface area contributed by atoms with Crippen molar-refractivity contribution in [3.05, 3.63) is 48.0 Å². The molecule has 0 radical (unpaired) electrons. The van der Waals surface area contributed by atoms with Gasteiger partial charge in [-0.3, -0.25) is 9.69 Å². The van der Waals surface area contributed by atoms with Crippen LogP contribution in [-0.2, 0) is 4.79 Å². The van der Waals surface area contributed by atoms with Gasteiger partial charge in [0.15, 0.2) is 11.5 Å². The molecule has 1 aliphatic heterocycles. The Morgan fingerprint density at radius 1 is 1.11 bits per heavy atom. The van der Waals surface area contributed by atoms with Gasteiger partial charge in [0.1, 0.15) is 12.4 Å². The van der Waals surface area contributed by atoms with Crippen LogP contribution in [0.15, 0.2) is 42.5 Å². The van der Waals surface area contributed by atoms with E-state index < -0.39 is 5.54 Å². The second kappa shape index (κ2) is 8.52. The number of benzene rings is 2. The monoisotopic (exact) mass is 384 g/mol. The van der Waals surface area contributed by atoms with Crippen LogP contribution in [0.2, 0.25) is 0 Å². The summed E-state index contributed by atoms with van der Waals surface area (Å²) in [5, 5.41) is 3.00. The van der Waals surface area contributed by atoms with Crippen LogP contribution in [0.1, 0.15) is 18.9 Å². The van der Waals surface area contributed by atoms with Gasteiger partial charge in [0.25, 0.3) is 0 Å². The molecule has 2 aromatic rings. The molecule has 1 aliphatic rings. The highest BCUT2D eigenvalue weighted by molar-refractivity contribution is 5.98. The minimum atomic E-state index is -0.538. The molecule has 1 unspecified atom stereocenters. The van der Waals surface area contributed by atoms with Crippen LogP contribution in [0.25, 0.3) is 0 Å². The number of rotatable bonds is 8. The van der Waals surface area contributed by atoms with Gasteiger partial charge in [0.05, 0.1) is 19.8 Å². The number of nitrogens with one attached hydrogen (secondary N) is 1. The average molecular weight is 384 g/mol. The summed E-state index contributed by atoms with van der Waals surface area (Å²) in [4.78, 5) is 15.0. The van der Waals surface area contributed by atoms with Crippen molar-refractivity contribution >= 4 is 11.6 Å². The van der Waals surface area contributed by atoms with Gasteiger partial charge in [-0.2, -0.15) is 0 Å². The van der Waals surface area contributed by atoms with Crippen molar-refractivity contribution < 1.29 is 19.0 Å². The molecule has 2 aromatic carbocycles. The number of aryl methyl sites for hydroxylation is 1. The van der Waals surface area contributed by atoms with Crippen molar-refractivity contribution in [1.29, 1.82) is 0 Å². The maximum atomic E-state index is 12.9. The second-order valence-electron chi connectivity index (χ2n) is 7.20. The van der Waals surface area contributed by atoms with Gasteiger partial charge in [0.2, 0.25) is 5.91 Å². The van der Waals surface area contributed by atoms with Crippen molar-refractivity contribution in [2.24, 2.45) is 0 Å². The Morgan fingerprint density at radius 3 is 2.43 bits per heavy atom. The van der Waals surface area contributed by atoms with Crippen LogP contribution in [0.5, 0.6) is 17.2 Å². The molecule has 28 heavy (non-hydrogen) atoms. The third kappa shape index (κ3) is 4.22. The molecular weight excluding hydrogens is 356 g/mol. The zero-order valence-electron chi connectivity index (χ0n) is 17.0. The summed E-state index contributed by atoms with van der Waals surface area (Å²) in [6.45, 7) is 6.14. The molecule has 1 N–H and O–H groups in total. The number of hydrogen-bond donors (Lipinski definition) is 1. The number of carbonyl (C=O) groups excluding carboxylic acids is 1. The Labute approximate surface area is 166 Å². The van der Waals surface area contributed by atoms with Gasteiger partial charge < -0.3 is 19.5 Å². The Hall–Kier alpha value is -2.73. The number of anilines is 1. The summed E-state index contributed by atoms with van der Waals surface area (Å²) >= 11 is 0. The number of amides is 1. The van der Waals surface area contributed by atoms with E-state index in [0.29, 0.717) is 30.3 Å². The number of methoxy groups -OCH3 is 2. The highest BCUT2D eigenvalue weighted by Gasteiger charge is 2.46. The van der Waals surface area contributed by atoms with Gasteiger partial charge in [-0.1, -0.05) is 17.7 Å². The normalized spacial score (nSPS) is 18.9. The summed E-state index contributed by atoms with van der Waals surface area (Å²) in [6, 6.07) is 13.3. The van der Waals surface area contributed by atoms with Crippen LogP contribution in [0, 0.1) is 6.92 Å². The Balaban J connectivity index is 1.56. The Bertz CT molecular complexity index is 822. The van der Waals surface area contributed by atoms with E-state index in [2.05, 4.69) is 10.2 Å². The Kier molecular flexibility index (Phi) is 6.09. The number of carbonyl (C=O) groups is 1. The number of nitrogens with zero attached hydrogens (tertiary/aromatic N) is 1. The van der Waals surface area contributed by atoms with Gasteiger partial charge in [0, 0.05) is 24.8 Å². The second-order valence-corrected chi connectivity index (χ2v) is 7.20. The molecule has 1 saturated heterocycles. The fraction of sp³-hybridized carbons (Fsp3) is 0.409. The van der Waals surface area contributed by atoms with E-state index in [4.69, 9.17) is 14.2 Å². The van der Waals surface area contributed by atoms with Crippen molar-refractivity contribution in [2.75, 3.05) is 39.2 Å². The largest absolute Gasteiger partial charge is 0.493 e. The van der Waals surface area contributed by atoms with Crippen molar-refractivity contribution in [3.8, 4) is 17.2 Å². The lowest BCUT2D eigenvalue weighted by Gasteiger charge is -2.49. The molecule has 1 heterocycles. The first-order valence-electron chi connectivity index (χ1n) is 9.44. The van der Waals surface area contributed by atoms with Gasteiger partial charge >= 0.3 is 0 Å². The van der Waals surface area contributed by atoms with Crippen molar-refractivity contribution in [3.63, 3.8) is 0 Å². The van der Waals surface area contributed by atoms with E-state index in [1.54, 1.807) is 26.4 Å². The molecular formula is C22H28N2O4. The minimum Gasteiger partial charge on any atom is -0.493 e. The fourth-order valence-electron chi connectivity index (χ4n) is 3.31. The third-order valence-electron chi connectivity index (χ3n) is 5.35. The van der Waals surface area contributed by atoms with Crippen molar-refractivity contribution in [1.82, 2.24) is 4.90 Å². The maximum Gasteiger partial charge on any atom is 0.244 e. The maximum absolute atomic E-state index is 12.9. The number of hydrogen-bond acceptors (Lipinski definition) is 5. The Morgan fingerprint density at radius 2 is 1.82 bits per heavy atom. The van der Waals surface area contributed by atoms with E-state index in [1.165, 1.54) is 5.56 Å². The van der Waals surface area contributed by atoms with Crippen molar-refractivity contribution in [2.45, 2.75) is 25.8 Å². The first-order chi connectivity index (χ1) is 13.5. The first kappa shape index (κ1) is 20.0. The number of likely N-dealkylation sites (tertiary alicyclic amines) is 1. The van der Waals surface area contributed by atoms with E-state index in [1.807, 2.05) is 44.2 Å². The molecule has 3 rings (SSSR count). The average Bonchev–Trinajstić information content (AvgIpc) is 2.70. The van der Waals surface area contributed by atoms with E-state index in [9.17, 15) is 4.79 Å². The fourth-order valence-corrected chi connectivity index (χ4v) is 3.31. The molecule has 0 aliphatic carbocycles. The molecule has 6 heteroatoms. The van der Waals surface area contributed by atoms with Crippen LogP contribution >= 0.6 is 0 Å². The molecule has 1 amide bonds. The van der Waals surface area contributed by atoms with Gasteiger partial charge in [-0.25, -0.2) is 0 Å². The zero-order chi connectivity index (χ0) is 20.1. The predicted octanol–water partition coefficient (Wildman–Crippen LogP) is 3.49. The lowest BCUT2D eigenvalue weighted by molar-refractivity contribution is -0.135. The molecule has 6 nitrogen and oxygen atoms in total. The smallest absolute Gasteiger partial charge is 0.244 e. The molecule has 1 fully saturated rings. The van der Waals surface area contributed by atoms with Gasteiger partial charge in [-0.05, 0) is 44.5 Å². The predicted molar refractivity (Wildman–Crippen MR) is 109 cm³/mol. The van der Waals surface area contributed by atoms with Crippen LogP contribution in [-0.4, -0.2) is 50.3 Å². The molecule has 1 atom stereocenters. The van der Waals surface area contributed by atoms with Crippen LogP contribution < -0.4 is 19.5 Å². The lowest BCUT2D eigenvalue weighted by Crippen LogP contribution is -2.65. The standard InChI is InChI=1S/C22H28N2O4/c1-16-5-8-18(9-6-16)28-14-13-24-12-11-22(24,2)21(25)23-17-7-10-19(26-3)20(15-17)27-4/h5-10,15H,11-14H2,1-4H3,(H,23,25). The van der Waals surface area contributed by atoms with Gasteiger partial charge in [-0.15, -0.1) is 0 Å². The summed E-state index contributed by atoms with van der Waals surface area (Å²) < 4.78 is 16.4. The quantitative estimate of drug-likeness (QED) is 0.755. The molecule has 0 aromatic heterocycles. The number of ether oxygens (including phenoxy) is 3. The zero-order valence-corrected chi connectivity index (χ0v) is 17.0. The summed E-state index contributed by atoms with van der Waals surface area (Å²) in [5.41, 5.74) is 1.35. The third-order valence-corrected chi connectivity index (χ3v) is 5.35. The van der Waals surface area contributed by atoms with E-state index in [0.717, 1.165) is 18.7 Å². The SMILES string of the molecule is COc1ccc(NC(=O)C2(C)CCN2CCOc2ccc(C)cc2)cc1OC.